The predicted molar refractivity (Wildman–Crippen MR) is 72.0 cm³/mol. The van der Waals surface area contributed by atoms with Crippen LogP contribution in [0.2, 0.25) is 10.0 Å². The van der Waals surface area contributed by atoms with E-state index in [1.54, 1.807) is 18.2 Å². The molecule has 1 nitrogen and oxygen atoms in total. The third kappa shape index (κ3) is 3.23. The summed E-state index contributed by atoms with van der Waals surface area (Å²) in [5.41, 5.74) is 0.589. The summed E-state index contributed by atoms with van der Waals surface area (Å²) < 4.78 is 0. The number of hydrogen-bond acceptors (Lipinski definition) is 1. The first kappa shape index (κ1) is 12.9. The highest BCUT2D eigenvalue weighted by Crippen LogP contribution is 2.29. The van der Waals surface area contributed by atoms with Crippen molar-refractivity contribution in [3.05, 3.63) is 33.8 Å². The number of carbonyl (C=O) groups is 1. The first-order valence-electron chi connectivity index (χ1n) is 6.18. The first-order valence-corrected chi connectivity index (χ1v) is 6.93. The molecule has 0 spiro atoms. The highest BCUT2D eigenvalue weighted by atomic mass is 35.5. The number of rotatable bonds is 2. The Morgan fingerprint density at radius 1 is 1.06 bits per heavy atom. The van der Waals surface area contributed by atoms with Crippen LogP contribution in [0.4, 0.5) is 0 Å². The molecule has 1 aliphatic carbocycles. The van der Waals surface area contributed by atoms with Crippen LogP contribution < -0.4 is 0 Å². The molecule has 0 unspecified atom stereocenters. The minimum atomic E-state index is 0.133. The van der Waals surface area contributed by atoms with Crippen LogP contribution in [0.1, 0.15) is 48.9 Å². The first-order chi connectivity index (χ1) is 8.18. The van der Waals surface area contributed by atoms with Gasteiger partial charge < -0.3 is 0 Å². The summed E-state index contributed by atoms with van der Waals surface area (Å²) in [4.78, 5) is 12.4. The van der Waals surface area contributed by atoms with Crippen molar-refractivity contribution in [3.8, 4) is 0 Å². The smallest absolute Gasteiger partial charge is 0.167 e. The molecule has 0 saturated heterocycles. The number of carbonyl (C=O) groups excluding carboxylic acids is 1. The zero-order valence-electron chi connectivity index (χ0n) is 9.72. The summed E-state index contributed by atoms with van der Waals surface area (Å²) in [5.74, 6) is 0.299. The summed E-state index contributed by atoms with van der Waals surface area (Å²) in [6.07, 6.45) is 6.76. The Labute approximate surface area is 112 Å². The highest BCUT2D eigenvalue weighted by Gasteiger charge is 2.23. The van der Waals surface area contributed by atoms with Gasteiger partial charge in [-0.25, -0.2) is 0 Å². The number of Topliss-reactive ketones (excluding diaryl/α,β-unsaturated/α-hetero) is 1. The van der Waals surface area contributed by atoms with Gasteiger partial charge in [0.1, 0.15) is 0 Å². The van der Waals surface area contributed by atoms with E-state index in [9.17, 15) is 4.79 Å². The van der Waals surface area contributed by atoms with Crippen molar-refractivity contribution in [1.82, 2.24) is 0 Å². The summed E-state index contributed by atoms with van der Waals surface area (Å²) in [6.45, 7) is 0. The molecule has 0 N–H and O–H groups in total. The maximum atomic E-state index is 12.4. The molecule has 0 atom stereocenters. The molecule has 2 rings (SSSR count). The van der Waals surface area contributed by atoms with Crippen LogP contribution in [0, 0.1) is 5.92 Å². The van der Waals surface area contributed by atoms with E-state index in [0.29, 0.717) is 15.6 Å². The molecular weight excluding hydrogens is 255 g/mol. The summed E-state index contributed by atoms with van der Waals surface area (Å²) >= 11 is 12.0. The lowest BCUT2D eigenvalue weighted by molar-refractivity contribution is 0.0908. The summed E-state index contributed by atoms with van der Waals surface area (Å²) in [5, 5.41) is 1.09. The Morgan fingerprint density at radius 2 is 1.71 bits per heavy atom. The molecule has 1 saturated carbocycles. The third-order valence-corrected chi connectivity index (χ3v) is 3.98. The Morgan fingerprint density at radius 3 is 2.35 bits per heavy atom. The molecule has 92 valence electrons. The van der Waals surface area contributed by atoms with Gasteiger partial charge in [0.05, 0.1) is 5.02 Å². The zero-order chi connectivity index (χ0) is 12.3. The quantitative estimate of drug-likeness (QED) is 0.537. The van der Waals surface area contributed by atoms with E-state index in [2.05, 4.69) is 0 Å². The van der Waals surface area contributed by atoms with Gasteiger partial charge in [-0.1, -0.05) is 48.9 Å². The second-order valence-electron chi connectivity index (χ2n) is 4.68. The fraction of sp³-hybridized carbons (Fsp3) is 0.500. The number of hydrogen-bond donors (Lipinski definition) is 0. The molecule has 1 fully saturated rings. The monoisotopic (exact) mass is 270 g/mol. The van der Waals surface area contributed by atoms with Crippen molar-refractivity contribution in [2.24, 2.45) is 5.92 Å². The Bertz CT molecular complexity index is 407. The average molecular weight is 271 g/mol. The largest absolute Gasteiger partial charge is 0.294 e. The van der Waals surface area contributed by atoms with Crippen LogP contribution in [-0.2, 0) is 0 Å². The van der Waals surface area contributed by atoms with Gasteiger partial charge in [0.2, 0.25) is 0 Å². The predicted octanol–water partition coefficient (Wildman–Crippen LogP) is 5.15. The number of benzene rings is 1. The Balaban J connectivity index is 2.20. The van der Waals surface area contributed by atoms with Crippen LogP contribution in [-0.4, -0.2) is 5.78 Å². The van der Waals surface area contributed by atoms with Gasteiger partial charge in [0.15, 0.2) is 5.78 Å². The van der Waals surface area contributed by atoms with Crippen molar-refractivity contribution >= 4 is 29.0 Å². The second kappa shape index (κ2) is 5.88. The van der Waals surface area contributed by atoms with Crippen LogP contribution in [0.15, 0.2) is 18.2 Å². The lowest BCUT2D eigenvalue weighted by atomic mass is 9.91. The molecule has 17 heavy (non-hydrogen) atoms. The van der Waals surface area contributed by atoms with Gasteiger partial charge in [-0.2, -0.15) is 0 Å². The van der Waals surface area contributed by atoms with Crippen molar-refractivity contribution in [3.63, 3.8) is 0 Å². The van der Waals surface area contributed by atoms with Gasteiger partial charge in [0.25, 0.3) is 0 Å². The maximum Gasteiger partial charge on any atom is 0.167 e. The van der Waals surface area contributed by atoms with Crippen molar-refractivity contribution < 1.29 is 4.79 Å². The molecule has 0 heterocycles. The minimum absolute atomic E-state index is 0.133. The van der Waals surface area contributed by atoms with Crippen LogP contribution in [0.5, 0.6) is 0 Å². The second-order valence-corrected chi connectivity index (χ2v) is 5.52. The summed E-state index contributed by atoms with van der Waals surface area (Å²) in [7, 11) is 0. The maximum absolute atomic E-state index is 12.4. The summed E-state index contributed by atoms with van der Waals surface area (Å²) in [6, 6.07) is 5.11. The number of ketones is 1. The standard InChI is InChI=1S/C14H16Cl2O/c15-11-7-8-13(16)12(9-11)14(17)10-5-3-1-2-4-6-10/h7-10H,1-6H2. The SMILES string of the molecule is O=C(c1cc(Cl)ccc1Cl)C1CCCCCC1. The van der Waals surface area contributed by atoms with Gasteiger partial charge in [-0.15, -0.1) is 0 Å². The van der Waals surface area contributed by atoms with Gasteiger partial charge in [-0.3, -0.25) is 4.79 Å². The van der Waals surface area contributed by atoms with Crippen molar-refractivity contribution in [2.45, 2.75) is 38.5 Å². The minimum Gasteiger partial charge on any atom is -0.294 e. The van der Waals surface area contributed by atoms with E-state index in [0.717, 1.165) is 25.7 Å². The van der Waals surface area contributed by atoms with Crippen LogP contribution >= 0.6 is 23.2 Å². The Kier molecular flexibility index (Phi) is 4.47. The van der Waals surface area contributed by atoms with E-state index >= 15 is 0 Å². The van der Waals surface area contributed by atoms with E-state index in [-0.39, 0.29) is 11.7 Å². The molecule has 1 aliphatic rings. The number of halogens is 2. The van der Waals surface area contributed by atoms with E-state index in [1.165, 1.54) is 12.8 Å². The molecule has 3 heteroatoms. The molecular formula is C14H16Cl2O. The van der Waals surface area contributed by atoms with Gasteiger partial charge >= 0.3 is 0 Å². The molecule has 0 radical (unpaired) electrons. The molecule has 0 bridgehead atoms. The van der Waals surface area contributed by atoms with E-state index in [1.807, 2.05) is 0 Å². The van der Waals surface area contributed by atoms with E-state index < -0.39 is 0 Å². The van der Waals surface area contributed by atoms with Crippen molar-refractivity contribution in [1.29, 1.82) is 0 Å². The van der Waals surface area contributed by atoms with Crippen LogP contribution in [0.25, 0.3) is 0 Å². The Hall–Kier alpha value is -0.530. The van der Waals surface area contributed by atoms with Gasteiger partial charge in [-0.05, 0) is 31.0 Å². The topological polar surface area (TPSA) is 17.1 Å². The average Bonchev–Trinajstić information content (AvgIpc) is 2.60. The fourth-order valence-electron chi connectivity index (χ4n) is 2.45. The van der Waals surface area contributed by atoms with Crippen molar-refractivity contribution in [2.75, 3.05) is 0 Å². The lowest BCUT2D eigenvalue weighted by Gasteiger charge is -2.13. The van der Waals surface area contributed by atoms with Gasteiger partial charge in [0, 0.05) is 16.5 Å². The third-order valence-electron chi connectivity index (χ3n) is 3.42. The van der Waals surface area contributed by atoms with E-state index in [4.69, 9.17) is 23.2 Å². The molecule has 1 aromatic carbocycles. The highest BCUT2D eigenvalue weighted by molar-refractivity contribution is 6.36. The molecule has 0 amide bonds. The zero-order valence-corrected chi connectivity index (χ0v) is 11.2. The normalized spacial score (nSPS) is 17.8. The lowest BCUT2D eigenvalue weighted by Crippen LogP contribution is -2.14. The van der Waals surface area contributed by atoms with Crippen LogP contribution in [0.3, 0.4) is 0 Å². The molecule has 0 aliphatic heterocycles. The fourth-order valence-corrected chi connectivity index (χ4v) is 2.83. The molecule has 1 aromatic rings. The molecule has 0 aromatic heterocycles.